The molecule has 11 aromatic rings. The zero-order valence-electron chi connectivity index (χ0n) is 83.6. The van der Waals surface area contributed by atoms with Crippen molar-refractivity contribution < 1.29 is 28.8 Å². The van der Waals surface area contributed by atoms with Crippen molar-refractivity contribution in [2.75, 3.05) is 219 Å². The van der Waals surface area contributed by atoms with Gasteiger partial charge in [-0.25, -0.2) is 58.7 Å². The molecule has 1 atom stereocenters. The highest BCUT2D eigenvalue weighted by Crippen LogP contribution is 2.31. The van der Waals surface area contributed by atoms with Gasteiger partial charge in [0.25, 0.3) is 0 Å². The maximum Gasteiger partial charge on any atom is 0.321 e. The van der Waals surface area contributed by atoms with E-state index in [1.165, 1.54) is 53.5 Å². The van der Waals surface area contributed by atoms with Crippen LogP contribution in [0, 0.1) is 6.92 Å². The van der Waals surface area contributed by atoms with Crippen molar-refractivity contribution in [3.05, 3.63) is 334 Å². The van der Waals surface area contributed by atoms with Gasteiger partial charge in [0.1, 0.15) is 34.9 Å². The first-order chi connectivity index (χ1) is 72.0. The number of anilines is 6. The molecule has 0 radical (unpaired) electrons. The normalized spacial score (nSPS) is 15.4. The molecule has 6 fully saturated rings. The number of allylic oxidation sites excluding steroid dienone is 1. The molecule has 38 heteroatoms. The van der Waals surface area contributed by atoms with Crippen LogP contribution >= 0.6 is 97.1 Å². The van der Waals surface area contributed by atoms with Gasteiger partial charge in [0.05, 0.1) is 30.1 Å². The number of urea groups is 6. The molecule has 12 heterocycles. The molecule has 0 spiro atoms. The maximum absolute atomic E-state index is 12.4. The van der Waals surface area contributed by atoms with Crippen molar-refractivity contribution in [2.45, 2.75) is 71.1 Å². The van der Waals surface area contributed by atoms with E-state index in [9.17, 15) is 28.8 Å². The van der Waals surface area contributed by atoms with Gasteiger partial charge in [-0.05, 0) is 195 Å². The van der Waals surface area contributed by atoms with Crippen LogP contribution in [0.5, 0.6) is 0 Å². The number of carbonyl (C=O) groups excluding carboxylic acids is 6. The average Bonchev–Trinajstić information content (AvgIpc) is 0.852. The van der Waals surface area contributed by atoms with Crippen LogP contribution in [0.2, 0.25) is 35.2 Å². The molecule has 6 aromatic heterocycles. The van der Waals surface area contributed by atoms with E-state index in [-0.39, 0.29) is 36.2 Å². The predicted molar refractivity (Wildman–Crippen MR) is 603 cm³/mol. The summed E-state index contributed by atoms with van der Waals surface area (Å²) < 4.78 is 1.06. The number of hydrogen-bond acceptors (Lipinski definition) is 18. The van der Waals surface area contributed by atoms with Crippen LogP contribution in [0.25, 0.3) is 6.08 Å². The largest absolute Gasteiger partial charge is 0.352 e. The van der Waals surface area contributed by atoms with Gasteiger partial charge in [0.2, 0.25) is 0 Å². The standard InChI is InChI=1S/2C19H23ClN4O.C18H20BrClN4O.C18H20Cl2N4O.C18H25ClN4O.C18H19ClN4O/c1-15-4-6-16(7-5-15)8-10-22-19(25)24-13-11-23(12-14-24)18-17(20)3-2-9-21-18;1-15(16-6-3-2-4-7-16)14-22-19(25)24-12-10-23(11-13-24)18-17(20)8-5-9-21-18;19-15-5-3-14(4-6-15)7-9-22-18(25)24-12-10-23(11-13-24)17-16(20)2-1-8-21-17;19-15-4-1-3-14(13-15)6-8-22-18(25)24-11-9-23(10-12-24)17-16(20)5-2-7-21-17;2*19-16-7-4-9-20-17(16)22-11-13-23(14-12-22)18(24)21-10-8-15-5-2-1-3-6-15/h2-7,9H,8,10-14H2,1H3,(H,22,25);2-9,15H,10-14H2,1H3,(H,22,25);1-6,8H,7,9-13H2,(H,22,25);1-5,7,13H,6,8-12H2,(H,22,25);4-5,7,9H,1-3,6,8,10-14H2,(H,21,24);1-10H,11-14H2,(H,21,24)/b;;;;;10-8+. The Hall–Kier alpha value is -12.6. The van der Waals surface area contributed by atoms with Gasteiger partial charge in [-0.15, -0.1) is 0 Å². The number of aromatic nitrogens is 6. The second-order valence-corrected chi connectivity index (χ2v) is 40.0. The smallest absolute Gasteiger partial charge is 0.321 e. The predicted octanol–water partition coefficient (Wildman–Crippen LogP) is 20.2. The van der Waals surface area contributed by atoms with Crippen LogP contribution in [-0.4, -0.2) is 285 Å². The number of pyridine rings is 6. The van der Waals surface area contributed by atoms with Crippen molar-refractivity contribution in [3.63, 3.8) is 0 Å². The molecule has 12 amide bonds. The minimum absolute atomic E-state index is 0.00104. The Morgan fingerprint density at radius 1 is 0.331 bits per heavy atom. The van der Waals surface area contributed by atoms with E-state index in [4.69, 9.17) is 81.2 Å². The molecule has 5 aromatic carbocycles. The molecule has 30 nitrogen and oxygen atoms in total. The highest BCUT2D eigenvalue weighted by molar-refractivity contribution is 9.10. The van der Waals surface area contributed by atoms with Crippen molar-refractivity contribution >= 4 is 174 Å². The lowest BCUT2D eigenvalue weighted by molar-refractivity contribution is 0.193. The molecule has 18 rings (SSSR count). The number of halogens is 8. The molecule has 1 aliphatic carbocycles. The summed E-state index contributed by atoms with van der Waals surface area (Å²) in [6.45, 7) is 24.2. The highest BCUT2D eigenvalue weighted by atomic mass is 79.9. The summed E-state index contributed by atoms with van der Waals surface area (Å²) in [5.41, 5.74) is 8.58. The summed E-state index contributed by atoms with van der Waals surface area (Å²) in [5.74, 6) is 5.04. The number of hydrogen-bond donors (Lipinski definition) is 6. The summed E-state index contributed by atoms with van der Waals surface area (Å²) in [6, 6.07) is 66.2. The molecule has 782 valence electrons. The van der Waals surface area contributed by atoms with Crippen molar-refractivity contribution in [1.29, 1.82) is 0 Å². The van der Waals surface area contributed by atoms with Crippen LogP contribution in [0.1, 0.15) is 78.3 Å². The fourth-order valence-corrected chi connectivity index (χ4v) is 19.4. The highest BCUT2D eigenvalue weighted by Gasteiger charge is 2.31. The number of aryl methyl sites for hydroxylation is 1. The molecular formula is C110H130BrCl7N24O6. The number of amides is 12. The third-order valence-electron chi connectivity index (χ3n) is 25.9. The first-order valence-electron chi connectivity index (χ1n) is 50.3. The van der Waals surface area contributed by atoms with Gasteiger partial charge in [-0.1, -0.05) is 230 Å². The van der Waals surface area contributed by atoms with E-state index < -0.39 is 0 Å². The van der Waals surface area contributed by atoms with Crippen LogP contribution < -0.4 is 61.3 Å². The fourth-order valence-electron chi connectivity index (χ4n) is 17.5. The van der Waals surface area contributed by atoms with Crippen LogP contribution in [0.15, 0.2) is 266 Å². The Balaban J connectivity index is 0.000000148. The van der Waals surface area contributed by atoms with Crippen LogP contribution in [-0.2, 0) is 19.3 Å². The molecule has 0 bridgehead atoms. The van der Waals surface area contributed by atoms with Crippen LogP contribution in [0.3, 0.4) is 0 Å². The minimum atomic E-state index is -0.0889. The van der Waals surface area contributed by atoms with Crippen molar-refractivity contribution in [2.24, 2.45) is 0 Å². The van der Waals surface area contributed by atoms with Gasteiger partial charge < -0.3 is 90.7 Å². The molecule has 7 aliphatic rings. The monoisotopic (exact) mass is 2210 g/mol. The lowest BCUT2D eigenvalue weighted by atomic mass is 9.97. The SMILES string of the molecule is CC(CNC(=O)N1CCN(c2ncccc2Cl)CC1)c1ccccc1.Cc1ccc(CCNC(=O)N2CCN(c3ncccc3Cl)CC2)cc1.O=C(N/C=C/c1ccccc1)N1CCN(c2ncccc2Cl)CC1.O=C(NCCC1=CCCCC1)N1CCN(c2ncccc2Cl)CC1.O=C(NCCc1ccc(Br)cc1)N1CCN(c2ncccc2Cl)CC1.O=C(NCCc1cccc(Cl)c1)N1CCN(c2ncccc2Cl)CC1. The number of benzene rings is 5. The molecule has 6 N–H and O–H groups in total. The molecule has 0 saturated carbocycles. The Bertz CT molecular complexity index is 5930. The summed E-state index contributed by atoms with van der Waals surface area (Å²) in [4.78, 5) is 124. The molecular weight excluding hydrogens is 2080 g/mol. The minimum Gasteiger partial charge on any atom is -0.352 e. The topological polar surface area (TPSA) is 291 Å². The average molecular weight is 2210 g/mol. The number of rotatable bonds is 23. The summed E-state index contributed by atoms with van der Waals surface area (Å²) in [6.07, 6.45) is 24.7. The van der Waals surface area contributed by atoms with Crippen molar-refractivity contribution in [3.8, 4) is 0 Å². The lowest BCUT2D eigenvalue weighted by Crippen LogP contribution is -2.52. The van der Waals surface area contributed by atoms with E-state index in [0.29, 0.717) is 159 Å². The number of nitrogens with zero attached hydrogens (tertiary/aromatic N) is 18. The van der Waals surface area contributed by atoms with Gasteiger partial charge in [0, 0.05) is 243 Å². The number of carbonyl (C=O) groups is 6. The van der Waals surface area contributed by atoms with E-state index in [0.717, 1.165) is 148 Å². The third kappa shape index (κ3) is 36.1. The second kappa shape index (κ2) is 60.2. The van der Waals surface area contributed by atoms with Gasteiger partial charge >= 0.3 is 36.2 Å². The number of nitrogens with one attached hydrogen (secondary N) is 6. The van der Waals surface area contributed by atoms with Crippen molar-refractivity contribution in [1.82, 2.24) is 91.2 Å². The molecule has 6 saturated heterocycles. The van der Waals surface area contributed by atoms with E-state index in [1.54, 1.807) is 48.3 Å². The van der Waals surface area contributed by atoms with Gasteiger partial charge in [-0.2, -0.15) is 0 Å². The summed E-state index contributed by atoms with van der Waals surface area (Å²) >= 11 is 46.5. The molecule has 6 aliphatic heterocycles. The zero-order valence-corrected chi connectivity index (χ0v) is 90.5. The summed E-state index contributed by atoms with van der Waals surface area (Å²) in [7, 11) is 0. The first-order valence-corrected chi connectivity index (χ1v) is 53.8. The Labute approximate surface area is 912 Å². The Morgan fingerprint density at radius 2 is 0.642 bits per heavy atom. The number of piperazine rings is 6. The molecule has 1 unspecified atom stereocenters. The quantitative estimate of drug-likeness (QED) is 0.0324. The fraction of sp³-hybridized carbons (Fsp3) is 0.364. The van der Waals surface area contributed by atoms with Crippen LogP contribution in [0.4, 0.5) is 63.7 Å². The Kier molecular flexibility index (Phi) is 45.8. The zero-order chi connectivity index (χ0) is 104. The summed E-state index contributed by atoms with van der Waals surface area (Å²) in [5, 5.41) is 22.5. The molecule has 148 heavy (non-hydrogen) atoms. The second-order valence-electron chi connectivity index (χ2n) is 36.2. The van der Waals surface area contributed by atoms with Gasteiger partial charge in [0.15, 0.2) is 0 Å². The van der Waals surface area contributed by atoms with E-state index in [2.05, 4.69) is 176 Å². The lowest BCUT2D eigenvalue weighted by Gasteiger charge is -2.35. The van der Waals surface area contributed by atoms with E-state index >= 15 is 0 Å². The van der Waals surface area contributed by atoms with Gasteiger partial charge in [-0.3, -0.25) is 0 Å². The first kappa shape index (κ1) is 113. The Morgan fingerprint density at radius 3 is 0.966 bits per heavy atom. The maximum atomic E-state index is 12.4. The third-order valence-corrected chi connectivity index (χ3v) is 28.5. The van der Waals surface area contributed by atoms with E-state index in [1.807, 2.05) is 188 Å².